The van der Waals surface area contributed by atoms with E-state index in [-0.39, 0.29) is 7.43 Å². The lowest BCUT2D eigenvalue weighted by atomic mass is 10.1. The molecule has 4 nitrogen and oxygen atoms in total. The number of nitrogens with zero attached hydrogens (tertiary/aromatic N) is 1. The van der Waals surface area contributed by atoms with Crippen LogP contribution in [0.15, 0.2) is 54.6 Å². The normalized spacial score (nSPS) is 10.4. The molecule has 0 atom stereocenters. The van der Waals surface area contributed by atoms with Crippen molar-refractivity contribution in [3.05, 3.63) is 77.2 Å². The van der Waals surface area contributed by atoms with Gasteiger partial charge >= 0.3 is 0 Å². The van der Waals surface area contributed by atoms with Crippen molar-refractivity contribution < 1.29 is 9.78 Å². The molecule has 2 aromatic carbocycles. The molecule has 4 heteroatoms. The standard InChI is InChI=1S/C19H20N2O2.CH4/c1-14-8-10-16(11-9-14)19-17(13-23-22-2)20-18(21-19)12-15-6-4-3-5-7-15;/h3-11H,12-13H2,1-2H3,(H,20,21);1H4. The van der Waals surface area contributed by atoms with Gasteiger partial charge in [0.25, 0.3) is 0 Å². The number of hydrogen-bond acceptors (Lipinski definition) is 3. The van der Waals surface area contributed by atoms with E-state index in [1.807, 2.05) is 18.2 Å². The van der Waals surface area contributed by atoms with Gasteiger partial charge in [-0.2, -0.15) is 0 Å². The van der Waals surface area contributed by atoms with Gasteiger partial charge in [0.05, 0.1) is 18.5 Å². The van der Waals surface area contributed by atoms with Crippen molar-refractivity contribution in [2.24, 2.45) is 0 Å². The van der Waals surface area contributed by atoms with Crippen LogP contribution in [0.3, 0.4) is 0 Å². The molecule has 0 aliphatic rings. The summed E-state index contributed by atoms with van der Waals surface area (Å²) < 4.78 is 0. The van der Waals surface area contributed by atoms with E-state index >= 15 is 0 Å². The molecule has 1 aromatic heterocycles. The van der Waals surface area contributed by atoms with Crippen molar-refractivity contribution in [1.82, 2.24) is 9.97 Å². The fourth-order valence-electron chi connectivity index (χ4n) is 2.51. The summed E-state index contributed by atoms with van der Waals surface area (Å²) in [6.45, 7) is 2.41. The molecule has 24 heavy (non-hydrogen) atoms. The van der Waals surface area contributed by atoms with E-state index < -0.39 is 0 Å². The van der Waals surface area contributed by atoms with Gasteiger partial charge in [0, 0.05) is 12.0 Å². The Bertz CT molecular complexity index is 749. The molecule has 0 fully saturated rings. The van der Waals surface area contributed by atoms with Gasteiger partial charge in [-0.15, -0.1) is 0 Å². The Kier molecular flexibility index (Phi) is 6.29. The molecule has 0 spiro atoms. The molecule has 0 amide bonds. The molecule has 0 aliphatic heterocycles. The summed E-state index contributed by atoms with van der Waals surface area (Å²) in [6.07, 6.45) is 0.757. The van der Waals surface area contributed by atoms with Gasteiger partial charge < -0.3 is 4.98 Å². The molecule has 0 unspecified atom stereocenters. The highest BCUT2D eigenvalue weighted by atomic mass is 17.2. The minimum atomic E-state index is 0. The number of aryl methyl sites for hydroxylation is 1. The third-order valence-corrected chi connectivity index (χ3v) is 3.69. The van der Waals surface area contributed by atoms with Crippen LogP contribution in [0.1, 0.15) is 30.1 Å². The Morgan fingerprint density at radius 3 is 2.38 bits per heavy atom. The average Bonchev–Trinajstić information content (AvgIpc) is 2.97. The molecule has 3 rings (SSSR count). The second kappa shape index (κ2) is 8.43. The van der Waals surface area contributed by atoms with Crippen LogP contribution >= 0.6 is 0 Å². The minimum absolute atomic E-state index is 0. The molecule has 126 valence electrons. The number of aromatic amines is 1. The first-order valence-electron chi connectivity index (χ1n) is 7.60. The molecule has 0 saturated carbocycles. The van der Waals surface area contributed by atoms with E-state index in [0.29, 0.717) is 6.61 Å². The van der Waals surface area contributed by atoms with Crippen molar-refractivity contribution in [2.75, 3.05) is 7.11 Å². The van der Waals surface area contributed by atoms with Gasteiger partial charge in [0.1, 0.15) is 12.4 Å². The molecule has 0 aliphatic carbocycles. The van der Waals surface area contributed by atoms with Gasteiger partial charge in [-0.1, -0.05) is 67.6 Å². The number of aromatic nitrogens is 2. The Morgan fingerprint density at radius 2 is 1.71 bits per heavy atom. The molecular formula is C20H24N2O2. The Labute approximate surface area is 143 Å². The van der Waals surface area contributed by atoms with Crippen molar-refractivity contribution in [3.8, 4) is 11.3 Å². The minimum Gasteiger partial charge on any atom is -0.343 e. The van der Waals surface area contributed by atoms with E-state index in [4.69, 9.17) is 14.8 Å². The monoisotopic (exact) mass is 324 g/mol. The van der Waals surface area contributed by atoms with E-state index in [1.54, 1.807) is 0 Å². The lowest BCUT2D eigenvalue weighted by molar-refractivity contribution is -0.282. The summed E-state index contributed by atoms with van der Waals surface area (Å²) in [7, 11) is 1.51. The summed E-state index contributed by atoms with van der Waals surface area (Å²) in [5.74, 6) is 0.918. The van der Waals surface area contributed by atoms with E-state index in [1.165, 1.54) is 18.2 Å². The molecule has 0 saturated heterocycles. The number of hydrogen-bond donors (Lipinski definition) is 1. The molecule has 0 bridgehead atoms. The molecular weight excluding hydrogens is 300 g/mol. The zero-order chi connectivity index (χ0) is 16.1. The quantitative estimate of drug-likeness (QED) is 0.528. The summed E-state index contributed by atoms with van der Waals surface area (Å²) in [4.78, 5) is 18.0. The lowest BCUT2D eigenvalue weighted by Crippen LogP contribution is -1.95. The summed E-state index contributed by atoms with van der Waals surface area (Å²) in [5, 5.41) is 0. The van der Waals surface area contributed by atoms with Gasteiger partial charge in [-0.3, -0.25) is 0 Å². The van der Waals surface area contributed by atoms with E-state index in [2.05, 4.69) is 48.3 Å². The van der Waals surface area contributed by atoms with Gasteiger partial charge in [0.15, 0.2) is 0 Å². The van der Waals surface area contributed by atoms with E-state index in [9.17, 15) is 0 Å². The van der Waals surface area contributed by atoms with Crippen LogP contribution in [0.5, 0.6) is 0 Å². The zero-order valence-electron chi connectivity index (χ0n) is 13.4. The largest absolute Gasteiger partial charge is 0.343 e. The smallest absolute Gasteiger partial charge is 0.124 e. The summed E-state index contributed by atoms with van der Waals surface area (Å²) >= 11 is 0. The van der Waals surface area contributed by atoms with Crippen molar-refractivity contribution >= 4 is 0 Å². The van der Waals surface area contributed by atoms with Gasteiger partial charge in [-0.25, -0.2) is 14.8 Å². The highest BCUT2D eigenvalue weighted by molar-refractivity contribution is 5.62. The fourth-order valence-corrected chi connectivity index (χ4v) is 2.51. The van der Waals surface area contributed by atoms with Gasteiger partial charge in [-0.05, 0) is 12.5 Å². The zero-order valence-corrected chi connectivity index (χ0v) is 13.4. The van der Waals surface area contributed by atoms with Crippen LogP contribution in [-0.2, 0) is 22.8 Å². The highest BCUT2D eigenvalue weighted by Gasteiger charge is 2.13. The summed E-state index contributed by atoms with van der Waals surface area (Å²) in [5.41, 5.74) is 5.34. The Balaban J connectivity index is 0.00000208. The molecule has 0 radical (unpaired) electrons. The highest BCUT2D eigenvalue weighted by Crippen LogP contribution is 2.24. The third-order valence-electron chi connectivity index (χ3n) is 3.69. The first-order chi connectivity index (χ1) is 11.3. The van der Waals surface area contributed by atoms with Crippen LogP contribution in [0.25, 0.3) is 11.3 Å². The maximum absolute atomic E-state index is 5.10. The third kappa shape index (κ3) is 4.31. The van der Waals surface area contributed by atoms with Crippen molar-refractivity contribution in [3.63, 3.8) is 0 Å². The van der Waals surface area contributed by atoms with E-state index in [0.717, 1.165) is 29.2 Å². The predicted molar refractivity (Wildman–Crippen MR) is 96.5 cm³/mol. The fraction of sp³-hybridized carbons (Fsp3) is 0.250. The van der Waals surface area contributed by atoms with Crippen LogP contribution in [-0.4, -0.2) is 17.1 Å². The van der Waals surface area contributed by atoms with Crippen molar-refractivity contribution in [2.45, 2.75) is 27.4 Å². The second-order valence-electron chi connectivity index (χ2n) is 5.47. The molecule has 3 aromatic rings. The SMILES string of the molecule is C.COOCc1[nH]c(Cc2ccccc2)nc1-c1ccc(C)cc1. The Hall–Kier alpha value is -2.43. The summed E-state index contributed by atoms with van der Waals surface area (Å²) in [6, 6.07) is 18.6. The second-order valence-corrected chi connectivity index (χ2v) is 5.47. The van der Waals surface area contributed by atoms with Crippen LogP contribution in [0, 0.1) is 6.92 Å². The molecule has 1 N–H and O–H groups in total. The first-order valence-corrected chi connectivity index (χ1v) is 7.60. The van der Waals surface area contributed by atoms with Gasteiger partial charge in [0.2, 0.25) is 0 Å². The number of benzene rings is 2. The van der Waals surface area contributed by atoms with Crippen molar-refractivity contribution in [1.29, 1.82) is 0 Å². The topological polar surface area (TPSA) is 47.1 Å². The average molecular weight is 324 g/mol. The maximum Gasteiger partial charge on any atom is 0.124 e. The number of rotatable bonds is 6. The van der Waals surface area contributed by atoms with Crippen LogP contribution in [0.4, 0.5) is 0 Å². The van der Waals surface area contributed by atoms with Crippen LogP contribution in [0.2, 0.25) is 0 Å². The number of nitrogens with one attached hydrogen (secondary N) is 1. The first kappa shape index (κ1) is 17.9. The van der Waals surface area contributed by atoms with Crippen LogP contribution < -0.4 is 0 Å². The number of imidazole rings is 1. The number of H-pyrrole nitrogens is 1. The lowest BCUT2D eigenvalue weighted by Gasteiger charge is -2.02. The maximum atomic E-state index is 5.10. The molecule has 1 heterocycles. The predicted octanol–water partition coefficient (Wildman–Crippen LogP) is 4.69. The Morgan fingerprint density at radius 1 is 1.00 bits per heavy atom.